The first-order chi connectivity index (χ1) is 14.2. The van der Waals surface area contributed by atoms with Gasteiger partial charge in [0.1, 0.15) is 18.5 Å². The minimum absolute atomic E-state index is 0.216. The maximum absolute atomic E-state index is 12.9. The van der Waals surface area contributed by atoms with Gasteiger partial charge in [-0.1, -0.05) is 60.7 Å². The smallest absolute Gasteiger partial charge is 0.233 e. The van der Waals surface area contributed by atoms with Crippen molar-refractivity contribution < 1.29 is 19.0 Å². The fourth-order valence-corrected chi connectivity index (χ4v) is 3.91. The normalized spacial score (nSPS) is 18.0. The minimum Gasteiger partial charge on any atom is -0.482 e. The lowest BCUT2D eigenvalue weighted by Crippen LogP contribution is -2.32. The molecule has 3 aromatic rings. The number of carbonyl (C=O) groups is 1. The van der Waals surface area contributed by atoms with E-state index < -0.39 is 6.10 Å². The van der Waals surface area contributed by atoms with E-state index >= 15 is 0 Å². The van der Waals surface area contributed by atoms with Gasteiger partial charge in [0.25, 0.3) is 0 Å². The minimum atomic E-state index is -0.667. The molecule has 2 aliphatic rings. The van der Waals surface area contributed by atoms with Gasteiger partial charge < -0.3 is 14.2 Å². The number of benzene rings is 3. The summed E-state index contributed by atoms with van der Waals surface area (Å²) in [6.45, 7) is 0.295. The van der Waals surface area contributed by atoms with E-state index in [0.29, 0.717) is 18.8 Å². The Morgan fingerprint density at radius 2 is 1.79 bits per heavy atom. The van der Waals surface area contributed by atoms with Crippen LogP contribution in [0.25, 0.3) is 10.8 Å². The standard InChI is InChI=1S/C25H20O4/c1-27-22-14-18-13-20-19-10-6-5-9-17(19)11-12-21(20)29-24(18)25(23(22)26)28-15-16-7-3-2-4-8-16/h2-12,14,22H,13,15H2,1H3. The molecule has 0 radical (unpaired) electrons. The number of rotatable bonds is 4. The number of carbonyl (C=O) groups excluding carboxylic acids is 1. The number of hydrogen-bond donors (Lipinski definition) is 0. The first-order valence-corrected chi connectivity index (χ1v) is 9.62. The van der Waals surface area contributed by atoms with E-state index in [1.807, 2.05) is 60.7 Å². The van der Waals surface area contributed by atoms with Crippen LogP contribution in [0.5, 0.6) is 5.75 Å². The van der Waals surface area contributed by atoms with Crippen molar-refractivity contribution in [1.82, 2.24) is 0 Å². The van der Waals surface area contributed by atoms with Crippen LogP contribution in [0.15, 0.2) is 89.9 Å². The van der Waals surface area contributed by atoms with E-state index in [1.54, 1.807) is 0 Å². The second-order valence-corrected chi connectivity index (χ2v) is 7.19. The van der Waals surface area contributed by atoms with Crippen molar-refractivity contribution in [1.29, 1.82) is 0 Å². The number of fused-ring (bicyclic) bond motifs is 4. The number of Topliss-reactive ketones (excluding diaryl/α,β-unsaturated/α-hetero) is 1. The van der Waals surface area contributed by atoms with Crippen LogP contribution in [0.3, 0.4) is 0 Å². The Morgan fingerprint density at radius 1 is 1.00 bits per heavy atom. The molecule has 0 aromatic heterocycles. The average Bonchev–Trinajstić information content (AvgIpc) is 2.77. The van der Waals surface area contributed by atoms with Crippen molar-refractivity contribution >= 4 is 16.6 Å². The highest BCUT2D eigenvalue weighted by Crippen LogP contribution is 2.40. The van der Waals surface area contributed by atoms with Crippen LogP contribution in [0.1, 0.15) is 11.1 Å². The maximum atomic E-state index is 12.9. The third-order valence-corrected chi connectivity index (χ3v) is 5.39. The van der Waals surface area contributed by atoms with Crippen molar-refractivity contribution in [3.63, 3.8) is 0 Å². The molecular formula is C25H20O4. The summed E-state index contributed by atoms with van der Waals surface area (Å²) >= 11 is 0. The molecule has 0 amide bonds. The Morgan fingerprint density at radius 3 is 2.62 bits per heavy atom. The summed E-state index contributed by atoms with van der Waals surface area (Å²) in [5, 5.41) is 2.32. The summed E-state index contributed by atoms with van der Waals surface area (Å²) in [4.78, 5) is 12.9. The number of hydrogen-bond acceptors (Lipinski definition) is 4. The highest BCUT2D eigenvalue weighted by atomic mass is 16.5. The van der Waals surface area contributed by atoms with Crippen molar-refractivity contribution in [2.45, 2.75) is 19.1 Å². The molecule has 0 spiro atoms. The second kappa shape index (κ2) is 7.22. The van der Waals surface area contributed by atoms with Crippen molar-refractivity contribution in [2.75, 3.05) is 7.11 Å². The van der Waals surface area contributed by atoms with Gasteiger partial charge in [0.2, 0.25) is 11.5 Å². The van der Waals surface area contributed by atoms with Crippen LogP contribution >= 0.6 is 0 Å². The van der Waals surface area contributed by atoms with E-state index in [9.17, 15) is 4.79 Å². The van der Waals surface area contributed by atoms with Gasteiger partial charge in [0.15, 0.2) is 5.76 Å². The molecule has 1 aliphatic heterocycles. The van der Waals surface area contributed by atoms with Crippen molar-refractivity contribution in [3.8, 4) is 5.75 Å². The summed E-state index contributed by atoms with van der Waals surface area (Å²) in [5.74, 6) is 1.28. The van der Waals surface area contributed by atoms with Crippen LogP contribution in [0, 0.1) is 0 Å². The summed E-state index contributed by atoms with van der Waals surface area (Å²) in [6.07, 6.45) is 1.84. The van der Waals surface area contributed by atoms with Crippen LogP contribution < -0.4 is 4.74 Å². The van der Waals surface area contributed by atoms with E-state index in [-0.39, 0.29) is 11.5 Å². The monoisotopic (exact) mass is 384 g/mol. The highest BCUT2D eigenvalue weighted by molar-refractivity contribution is 6.01. The molecule has 0 saturated heterocycles. The van der Waals surface area contributed by atoms with Gasteiger partial charge in [-0.05, 0) is 28.5 Å². The average molecular weight is 384 g/mol. The summed E-state index contributed by atoms with van der Waals surface area (Å²) in [5.41, 5.74) is 3.02. The van der Waals surface area contributed by atoms with Gasteiger partial charge in [-0.3, -0.25) is 4.79 Å². The topological polar surface area (TPSA) is 44.8 Å². The molecule has 0 bridgehead atoms. The maximum Gasteiger partial charge on any atom is 0.233 e. The molecular weight excluding hydrogens is 364 g/mol. The molecule has 1 aliphatic carbocycles. The lowest BCUT2D eigenvalue weighted by Gasteiger charge is -2.30. The SMILES string of the molecule is COC1C=C2Cc3c(ccc4ccccc34)OC2=C(OCc2ccccc2)C1=O. The fourth-order valence-electron chi connectivity index (χ4n) is 3.91. The molecule has 29 heavy (non-hydrogen) atoms. The molecule has 4 nitrogen and oxygen atoms in total. The predicted octanol–water partition coefficient (Wildman–Crippen LogP) is 4.73. The van der Waals surface area contributed by atoms with E-state index in [4.69, 9.17) is 14.2 Å². The number of methoxy groups -OCH3 is 1. The lowest BCUT2D eigenvalue weighted by molar-refractivity contribution is -0.127. The Kier molecular flexibility index (Phi) is 4.41. The summed E-state index contributed by atoms with van der Waals surface area (Å²) < 4.78 is 17.6. The largest absolute Gasteiger partial charge is 0.482 e. The van der Waals surface area contributed by atoms with Gasteiger partial charge in [0, 0.05) is 24.7 Å². The van der Waals surface area contributed by atoms with E-state index in [1.165, 1.54) is 12.5 Å². The molecule has 1 unspecified atom stereocenters. The molecule has 4 heteroatoms. The van der Waals surface area contributed by atoms with Crippen LogP contribution in [0.2, 0.25) is 0 Å². The van der Waals surface area contributed by atoms with Crippen molar-refractivity contribution in [3.05, 3.63) is 101 Å². The molecule has 144 valence electrons. The van der Waals surface area contributed by atoms with Crippen LogP contribution in [0.4, 0.5) is 0 Å². The first-order valence-electron chi connectivity index (χ1n) is 9.62. The van der Waals surface area contributed by atoms with Gasteiger partial charge in [-0.15, -0.1) is 0 Å². The van der Waals surface area contributed by atoms with E-state index in [0.717, 1.165) is 27.8 Å². The Balaban J connectivity index is 1.57. The predicted molar refractivity (Wildman–Crippen MR) is 110 cm³/mol. The molecule has 1 heterocycles. The molecule has 5 rings (SSSR count). The molecule has 3 aromatic carbocycles. The summed E-state index contributed by atoms with van der Waals surface area (Å²) in [6, 6.07) is 22.0. The zero-order valence-corrected chi connectivity index (χ0v) is 16.1. The number of allylic oxidation sites excluding steroid dienone is 1. The van der Waals surface area contributed by atoms with Crippen LogP contribution in [-0.2, 0) is 27.3 Å². The van der Waals surface area contributed by atoms with Gasteiger partial charge in [-0.2, -0.15) is 0 Å². The highest BCUT2D eigenvalue weighted by Gasteiger charge is 2.36. The Bertz CT molecular complexity index is 1160. The van der Waals surface area contributed by atoms with E-state index in [2.05, 4.69) is 12.1 Å². The number of ketones is 1. The second-order valence-electron chi connectivity index (χ2n) is 7.19. The van der Waals surface area contributed by atoms with Gasteiger partial charge >= 0.3 is 0 Å². The quantitative estimate of drug-likeness (QED) is 0.653. The third kappa shape index (κ3) is 3.12. The lowest BCUT2D eigenvalue weighted by atomic mass is 9.89. The van der Waals surface area contributed by atoms with Crippen LogP contribution in [-0.4, -0.2) is 19.0 Å². The zero-order valence-electron chi connectivity index (χ0n) is 16.1. The Hall–Kier alpha value is -3.37. The molecule has 0 saturated carbocycles. The first kappa shape index (κ1) is 17.7. The molecule has 1 atom stereocenters. The molecule has 0 fully saturated rings. The molecule has 0 N–H and O–H groups in total. The summed E-state index contributed by atoms with van der Waals surface area (Å²) in [7, 11) is 1.53. The number of ether oxygens (including phenoxy) is 3. The van der Waals surface area contributed by atoms with Crippen molar-refractivity contribution in [2.24, 2.45) is 0 Å². The van der Waals surface area contributed by atoms with Gasteiger partial charge in [-0.25, -0.2) is 0 Å². The van der Waals surface area contributed by atoms with Gasteiger partial charge in [0.05, 0.1) is 0 Å². The fraction of sp³-hybridized carbons (Fsp3) is 0.160. The zero-order chi connectivity index (χ0) is 19.8. The third-order valence-electron chi connectivity index (χ3n) is 5.39. The Labute approximate surface area is 169 Å².